The minimum absolute atomic E-state index is 0.00932. The molecule has 0 radical (unpaired) electrons. The molecule has 0 saturated carbocycles. The molecule has 1 N–H and O–H groups in total. The SMILES string of the molecule is CC(C)n1nnc2c(F)cc(-c3nc(Nc4ccc5c(n4)CCN(CCCN(C)CC4CS4)C5)ncc3F)cc21. The Bertz CT molecular complexity index is 1520. The quantitative estimate of drug-likeness (QED) is 0.275. The lowest BCUT2D eigenvalue weighted by atomic mass is 10.1. The maximum absolute atomic E-state index is 14.8. The van der Waals surface area contributed by atoms with Crippen LogP contribution < -0.4 is 5.32 Å². The van der Waals surface area contributed by atoms with Crippen LogP contribution in [0.15, 0.2) is 30.5 Å². The summed E-state index contributed by atoms with van der Waals surface area (Å²) in [6.07, 6.45) is 3.11. The smallest absolute Gasteiger partial charge is 0.229 e. The van der Waals surface area contributed by atoms with E-state index in [1.807, 2.05) is 31.7 Å². The number of fused-ring (bicyclic) bond motifs is 2. The van der Waals surface area contributed by atoms with Crippen LogP contribution in [0, 0.1) is 11.6 Å². The van der Waals surface area contributed by atoms with Gasteiger partial charge in [0.15, 0.2) is 11.6 Å². The van der Waals surface area contributed by atoms with E-state index in [-0.39, 0.29) is 28.8 Å². The van der Waals surface area contributed by atoms with Crippen LogP contribution in [-0.2, 0) is 13.0 Å². The molecule has 5 heterocycles. The maximum atomic E-state index is 14.8. The lowest BCUT2D eigenvalue weighted by molar-refractivity contribution is 0.230. The van der Waals surface area contributed by atoms with E-state index in [9.17, 15) is 8.78 Å². The van der Waals surface area contributed by atoms with Crippen molar-refractivity contribution >= 4 is 34.6 Å². The minimum atomic E-state index is -0.649. The van der Waals surface area contributed by atoms with Gasteiger partial charge in [-0.2, -0.15) is 11.8 Å². The second kappa shape index (κ2) is 11.3. The fraction of sp³-hybridized carbons (Fsp3) is 0.464. The normalized spacial score (nSPS) is 17.1. The first-order chi connectivity index (χ1) is 19.3. The van der Waals surface area contributed by atoms with Crippen molar-refractivity contribution in [2.24, 2.45) is 0 Å². The molecule has 40 heavy (non-hydrogen) atoms. The van der Waals surface area contributed by atoms with E-state index in [0.29, 0.717) is 11.3 Å². The topological polar surface area (TPSA) is 87.9 Å². The molecule has 1 saturated heterocycles. The van der Waals surface area contributed by atoms with Gasteiger partial charge in [0.05, 0.1) is 11.7 Å². The zero-order valence-corrected chi connectivity index (χ0v) is 23.8. The van der Waals surface area contributed by atoms with Crippen molar-refractivity contribution in [3.8, 4) is 11.3 Å². The summed E-state index contributed by atoms with van der Waals surface area (Å²) in [7, 11) is 2.22. The molecule has 4 aromatic rings. The maximum Gasteiger partial charge on any atom is 0.229 e. The monoisotopic (exact) mass is 565 g/mol. The highest BCUT2D eigenvalue weighted by molar-refractivity contribution is 8.06. The van der Waals surface area contributed by atoms with Gasteiger partial charge in [-0.05, 0) is 64.2 Å². The predicted molar refractivity (Wildman–Crippen MR) is 154 cm³/mol. The molecule has 0 bridgehead atoms. The van der Waals surface area contributed by atoms with Crippen molar-refractivity contribution in [2.75, 3.05) is 44.3 Å². The van der Waals surface area contributed by atoms with Crippen LogP contribution in [0.2, 0.25) is 0 Å². The summed E-state index contributed by atoms with van der Waals surface area (Å²) < 4.78 is 31.2. The van der Waals surface area contributed by atoms with Gasteiger partial charge in [-0.15, -0.1) is 5.10 Å². The molecule has 1 aromatic carbocycles. The van der Waals surface area contributed by atoms with Crippen LogP contribution in [0.1, 0.15) is 37.6 Å². The first-order valence-corrected chi connectivity index (χ1v) is 14.7. The third kappa shape index (κ3) is 5.93. The molecule has 3 aromatic heterocycles. The molecular weight excluding hydrogens is 532 g/mol. The standard InChI is InChI=1S/C28H33F2N9S/c1-17(2)39-24-12-19(11-21(29)27(24)35-36-39)26-22(30)13-31-28(34-26)33-25-6-5-18-14-38(10-7-23(18)32-25)9-4-8-37(3)15-20-16-40-20/h5-6,11-13,17,20H,4,7-10,14-16H2,1-3H3,(H,31,32,33,34). The average molecular weight is 566 g/mol. The molecule has 6 rings (SSSR count). The Hall–Kier alpha value is -3.22. The number of pyridine rings is 1. The fourth-order valence-corrected chi connectivity index (χ4v) is 5.77. The summed E-state index contributed by atoms with van der Waals surface area (Å²) in [6.45, 7) is 9.10. The van der Waals surface area contributed by atoms with Gasteiger partial charge in [-0.3, -0.25) is 4.90 Å². The number of anilines is 2. The van der Waals surface area contributed by atoms with Crippen LogP contribution in [0.5, 0.6) is 0 Å². The van der Waals surface area contributed by atoms with Crippen molar-refractivity contribution in [3.05, 3.63) is 53.4 Å². The van der Waals surface area contributed by atoms with Gasteiger partial charge in [0.1, 0.15) is 17.0 Å². The molecule has 1 fully saturated rings. The van der Waals surface area contributed by atoms with Crippen LogP contribution in [-0.4, -0.2) is 84.0 Å². The van der Waals surface area contributed by atoms with E-state index >= 15 is 0 Å². The number of benzene rings is 1. The highest BCUT2D eigenvalue weighted by Crippen LogP contribution is 2.31. The summed E-state index contributed by atoms with van der Waals surface area (Å²) >= 11 is 2.05. The van der Waals surface area contributed by atoms with Gasteiger partial charge < -0.3 is 10.2 Å². The van der Waals surface area contributed by atoms with E-state index in [2.05, 4.69) is 48.5 Å². The largest absolute Gasteiger partial charge is 0.309 e. The number of halogens is 2. The molecule has 9 nitrogen and oxygen atoms in total. The van der Waals surface area contributed by atoms with E-state index < -0.39 is 11.6 Å². The second-order valence-electron chi connectivity index (χ2n) is 10.9. The molecular formula is C28H33F2N9S. The number of hydrogen-bond donors (Lipinski definition) is 1. The van der Waals surface area contributed by atoms with Crippen molar-refractivity contribution < 1.29 is 8.78 Å². The van der Waals surface area contributed by atoms with Crippen LogP contribution in [0.3, 0.4) is 0 Å². The fourth-order valence-electron chi connectivity index (χ4n) is 5.17. The third-order valence-electron chi connectivity index (χ3n) is 7.34. The van der Waals surface area contributed by atoms with Crippen molar-refractivity contribution in [3.63, 3.8) is 0 Å². The molecule has 1 atom stereocenters. The third-order valence-corrected chi connectivity index (χ3v) is 8.29. The Labute approximate surface area is 236 Å². The van der Waals surface area contributed by atoms with E-state index in [1.165, 1.54) is 23.9 Å². The zero-order valence-electron chi connectivity index (χ0n) is 22.9. The van der Waals surface area contributed by atoms with Gasteiger partial charge >= 0.3 is 0 Å². The number of nitrogens with one attached hydrogen (secondary N) is 1. The van der Waals surface area contributed by atoms with Gasteiger partial charge in [0, 0.05) is 54.4 Å². The summed E-state index contributed by atoms with van der Waals surface area (Å²) in [5.41, 5.74) is 3.17. The predicted octanol–water partition coefficient (Wildman–Crippen LogP) is 4.68. The Morgan fingerprint density at radius 2 is 2.02 bits per heavy atom. The number of nitrogens with zero attached hydrogens (tertiary/aromatic N) is 8. The molecule has 0 amide bonds. The Morgan fingerprint density at radius 1 is 1.18 bits per heavy atom. The average Bonchev–Trinajstić information content (AvgIpc) is 3.63. The number of thioether (sulfide) groups is 1. The van der Waals surface area contributed by atoms with Crippen LogP contribution in [0.25, 0.3) is 22.3 Å². The van der Waals surface area contributed by atoms with E-state index in [4.69, 9.17) is 4.98 Å². The van der Waals surface area contributed by atoms with Gasteiger partial charge in [-0.25, -0.2) is 28.4 Å². The van der Waals surface area contributed by atoms with Crippen molar-refractivity contribution in [2.45, 2.75) is 44.5 Å². The first-order valence-electron chi connectivity index (χ1n) is 13.7. The highest BCUT2D eigenvalue weighted by Gasteiger charge is 2.24. The molecule has 12 heteroatoms. The minimum Gasteiger partial charge on any atom is -0.309 e. The van der Waals surface area contributed by atoms with Gasteiger partial charge in [-0.1, -0.05) is 11.3 Å². The Morgan fingerprint density at radius 3 is 2.83 bits per heavy atom. The number of aromatic nitrogens is 6. The summed E-state index contributed by atoms with van der Waals surface area (Å²) in [5.74, 6) is 0.857. The lowest BCUT2D eigenvalue weighted by Crippen LogP contribution is -2.34. The molecule has 0 spiro atoms. The van der Waals surface area contributed by atoms with E-state index in [0.717, 1.165) is 56.2 Å². The molecule has 0 aliphatic carbocycles. The van der Waals surface area contributed by atoms with Gasteiger partial charge in [0.2, 0.25) is 5.95 Å². The number of rotatable bonds is 10. The Kier molecular flexibility index (Phi) is 7.65. The summed E-state index contributed by atoms with van der Waals surface area (Å²) in [6, 6.07) is 6.83. The number of hydrogen-bond acceptors (Lipinski definition) is 9. The Balaban J connectivity index is 1.14. The lowest BCUT2D eigenvalue weighted by Gasteiger charge is -2.29. The van der Waals surface area contributed by atoms with Crippen LogP contribution >= 0.6 is 11.8 Å². The van der Waals surface area contributed by atoms with Crippen molar-refractivity contribution in [1.29, 1.82) is 0 Å². The first kappa shape index (κ1) is 27.0. The summed E-state index contributed by atoms with van der Waals surface area (Å²) in [5, 5.41) is 11.9. The molecule has 2 aliphatic rings. The molecule has 210 valence electrons. The van der Waals surface area contributed by atoms with E-state index in [1.54, 1.807) is 10.7 Å². The van der Waals surface area contributed by atoms with Crippen molar-refractivity contribution in [1.82, 2.24) is 39.7 Å². The van der Waals surface area contributed by atoms with Gasteiger partial charge in [0.25, 0.3) is 0 Å². The van der Waals surface area contributed by atoms with Crippen LogP contribution in [0.4, 0.5) is 20.5 Å². The zero-order chi connectivity index (χ0) is 27.8. The highest BCUT2D eigenvalue weighted by atomic mass is 32.2. The molecule has 2 aliphatic heterocycles. The molecule has 1 unspecified atom stereocenters. The summed E-state index contributed by atoms with van der Waals surface area (Å²) in [4.78, 5) is 18.2. The second-order valence-corrected chi connectivity index (χ2v) is 12.2.